The highest BCUT2D eigenvalue weighted by molar-refractivity contribution is 5.94. The zero-order valence-electron chi connectivity index (χ0n) is 20.1. The number of hydrogen-bond donors (Lipinski definition) is 2. The van der Waals surface area contributed by atoms with Crippen LogP contribution in [-0.4, -0.2) is 33.6 Å². The Morgan fingerprint density at radius 3 is 2.11 bits per heavy atom. The molecule has 7 nitrogen and oxygen atoms in total. The molecule has 0 saturated carbocycles. The quantitative estimate of drug-likeness (QED) is 0.438. The van der Waals surface area contributed by atoms with Gasteiger partial charge < -0.3 is 15.5 Å². The van der Waals surface area contributed by atoms with Gasteiger partial charge in [0.15, 0.2) is 0 Å². The van der Waals surface area contributed by atoms with E-state index in [1.54, 1.807) is 32.0 Å². The van der Waals surface area contributed by atoms with Gasteiger partial charge in [0, 0.05) is 31.6 Å². The Labute approximate surface area is 208 Å². The molecule has 0 aliphatic heterocycles. The Balaban J connectivity index is 1.88. The largest absolute Gasteiger partial charge is 0.352 e. The van der Waals surface area contributed by atoms with Crippen molar-refractivity contribution in [2.24, 2.45) is 0 Å². The van der Waals surface area contributed by atoms with Crippen molar-refractivity contribution in [2.75, 3.05) is 5.32 Å². The Morgan fingerprint density at radius 1 is 0.889 bits per heavy atom. The third-order valence-electron chi connectivity index (χ3n) is 5.26. The first-order valence-corrected chi connectivity index (χ1v) is 11.5. The van der Waals surface area contributed by atoms with Gasteiger partial charge in [-0.05, 0) is 61.4 Å². The van der Waals surface area contributed by atoms with E-state index in [-0.39, 0.29) is 25.4 Å². The number of rotatable bonds is 10. The first-order valence-electron chi connectivity index (χ1n) is 11.5. The van der Waals surface area contributed by atoms with Gasteiger partial charge in [0.1, 0.15) is 23.5 Å². The van der Waals surface area contributed by atoms with Crippen molar-refractivity contribution in [2.45, 2.75) is 45.3 Å². The van der Waals surface area contributed by atoms with Gasteiger partial charge in [-0.15, -0.1) is 0 Å². The number of halogens is 2. The average Bonchev–Trinajstić information content (AvgIpc) is 2.84. The predicted molar refractivity (Wildman–Crippen MR) is 131 cm³/mol. The lowest BCUT2D eigenvalue weighted by atomic mass is 10.0. The maximum absolute atomic E-state index is 13.6. The number of carbonyl (C=O) groups is 3. The van der Waals surface area contributed by atoms with Gasteiger partial charge in [-0.3, -0.25) is 14.4 Å². The summed E-state index contributed by atoms with van der Waals surface area (Å²) >= 11 is 0. The van der Waals surface area contributed by atoms with Crippen molar-refractivity contribution >= 4 is 23.5 Å². The number of pyridine rings is 1. The number of carbonyl (C=O) groups excluding carboxylic acids is 3. The highest BCUT2D eigenvalue weighted by atomic mass is 19.1. The molecular weight excluding hydrogens is 466 g/mol. The van der Waals surface area contributed by atoms with Gasteiger partial charge in [-0.1, -0.05) is 30.3 Å². The zero-order valence-corrected chi connectivity index (χ0v) is 20.1. The van der Waals surface area contributed by atoms with Crippen molar-refractivity contribution < 1.29 is 23.2 Å². The summed E-state index contributed by atoms with van der Waals surface area (Å²) < 4.78 is 27.1. The second kappa shape index (κ2) is 12.5. The molecule has 1 heterocycles. The van der Waals surface area contributed by atoms with Crippen LogP contribution in [0, 0.1) is 11.6 Å². The summed E-state index contributed by atoms with van der Waals surface area (Å²) in [5.74, 6) is -1.89. The molecule has 0 bridgehead atoms. The molecule has 0 saturated heterocycles. The first-order chi connectivity index (χ1) is 17.2. The molecular formula is C27H28F2N4O3. The summed E-state index contributed by atoms with van der Waals surface area (Å²) in [5.41, 5.74) is 0.995. The van der Waals surface area contributed by atoms with E-state index in [9.17, 15) is 23.2 Å². The summed E-state index contributed by atoms with van der Waals surface area (Å²) in [6.07, 6.45) is 1.20. The third-order valence-corrected chi connectivity index (χ3v) is 5.26. The van der Waals surface area contributed by atoms with E-state index in [2.05, 4.69) is 15.6 Å². The van der Waals surface area contributed by atoms with Crippen LogP contribution in [0.3, 0.4) is 0 Å². The lowest BCUT2D eigenvalue weighted by Crippen LogP contribution is -2.45. The zero-order chi connectivity index (χ0) is 26.1. The SMILES string of the molecule is CC(C)NC(=O)[C@@H](c1ccc(F)cc1)N(Cc1ccc(F)cc1)C(=O)CCC(=O)Nc1ccccn1. The van der Waals surface area contributed by atoms with Crippen LogP contribution in [0.25, 0.3) is 0 Å². The molecule has 0 spiro atoms. The number of nitrogens with zero attached hydrogens (tertiary/aromatic N) is 2. The van der Waals surface area contributed by atoms with E-state index >= 15 is 0 Å². The van der Waals surface area contributed by atoms with E-state index in [0.717, 1.165) is 0 Å². The lowest BCUT2D eigenvalue weighted by Gasteiger charge is -2.32. The molecule has 188 valence electrons. The fraction of sp³-hybridized carbons (Fsp3) is 0.259. The van der Waals surface area contributed by atoms with Crippen molar-refractivity contribution in [1.82, 2.24) is 15.2 Å². The Bertz CT molecular complexity index is 1170. The van der Waals surface area contributed by atoms with Crippen LogP contribution in [0.4, 0.5) is 14.6 Å². The smallest absolute Gasteiger partial charge is 0.247 e. The van der Waals surface area contributed by atoms with E-state index < -0.39 is 35.4 Å². The summed E-state index contributed by atoms with van der Waals surface area (Å²) in [7, 11) is 0. The van der Waals surface area contributed by atoms with Gasteiger partial charge in [-0.2, -0.15) is 0 Å². The molecule has 0 unspecified atom stereocenters. The van der Waals surface area contributed by atoms with Gasteiger partial charge in [0.05, 0.1) is 0 Å². The van der Waals surface area contributed by atoms with E-state index in [1.165, 1.54) is 59.6 Å². The fourth-order valence-corrected chi connectivity index (χ4v) is 3.60. The second-order valence-electron chi connectivity index (χ2n) is 8.53. The summed E-state index contributed by atoms with van der Waals surface area (Å²) in [5, 5.41) is 5.43. The molecule has 1 aromatic heterocycles. The van der Waals surface area contributed by atoms with Crippen LogP contribution in [0.15, 0.2) is 72.9 Å². The minimum absolute atomic E-state index is 0.0193. The van der Waals surface area contributed by atoms with E-state index in [1.807, 2.05) is 0 Å². The van der Waals surface area contributed by atoms with Gasteiger partial charge in [0.25, 0.3) is 0 Å². The summed E-state index contributed by atoms with van der Waals surface area (Å²) in [6.45, 7) is 3.55. The van der Waals surface area contributed by atoms with Crippen LogP contribution in [0.1, 0.15) is 43.9 Å². The van der Waals surface area contributed by atoms with Gasteiger partial charge >= 0.3 is 0 Å². The number of benzene rings is 2. The molecule has 0 aliphatic carbocycles. The topological polar surface area (TPSA) is 91.4 Å². The molecule has 2 aromatic carbocycles. The predicted octanol–water partition coefficient (Wildman–Crippen LogP) is 4.37. The van der Waals surface area contributed by atoms with Crippen molar-refractivity contribution in [3.8, 4) is 0 Å². The second-order valence-corrected chi connectivity index (χ2v) is 8.53. The Kier molecular flexibility index (Phi) is 9.21. The third kappa shape index (κ3) is 7.69. The van der Waals surface area contributed by atoms with Crippen LogP contribution in [0.5, 0.6) is 0 Å². The minimum Gasteiger partial charge on any atom is -0.352 e. The highest BCUT2D eigenvalue weighted by Gasteiger charge is 2.32. The Hall–Kier alpha value is -4.14. The van der Waals surface area contributed by atoms with Crippen LogP contribution in [-0.2, 0) is 20.9 Å². The molecule has 3 amide bonds. The summed E-state index contributed by atoms with van der Waals surface area (Å²) in [4.78, 5) is 44.5. The minimum atomic E-state index is -1.09. The van der Waals surface area contributed by atoms with Gasteiger partial charge in [-0.25, -0.2) is 13.8 Å². The molecule has 1 atom stereocenters. The molecule has 3 rings (SSSR count). The van der Waals surface area contributed by atoms with Crippen LogP contribution < -0.4 is 10.6 Å². The summed E-state index contributed by atoms with van der Waals surface area (Å²) in [6, 6.07) is 14.6. The van der Waals surface area contributed by atoms with E-state index in [0.29, 0.717) is 16.9 Å². The number of anilines is 1. The Morgan fingerprint density at radius 2 is 1.53 bits per heavy atom. The number of hydrogen-bond acceptors (Lipinski definition) is 4. The molecule has 9 heteroatoms. The fourth-order valence-electron chi connectivity index (χ4n) is 3.60. The maximum Gasteiger partial charge on any atom is 0.247 e. The number of nitrogens with one attached hydrogen (secondary N) is 2. The normalized spacial score (nSPS) is 11.6. The van der Waals surface area contributed by atoms with Crippen molar-refractivity contribution in [3.05, 3.63) is 95.7 Å². The van der Waals surface area contributed by atoms with Crippen LogP contribution in [0.2, 0.25) is 0 Å². The monoisotopic (exact) mass is 494 g/mol. The van der Waals surface area contributed by atoms with E-state index in [4.69, 9.17) is 0 Å². The average molecular weight is 495 g/mol. The molecule has 3 aromatic rings. The number of amides is 3. The highest BCUT2D eigenvalue weighted by Crippen LogP contribution is 2.26. The molecule has 36 heavy (non-hydrogen) atoms. The first kappa shape index (κ1) is 26.5. The molecule has 0 aliphatic rings. The molecule has 0 radical (unpaired) electrons. The standard InChI is InChI=1S/C27H28F2N4O3/c1-18(2)31-27(36)26(20-8-12-22(29)13-9-20)33(17-19-6-10-21(28)11-7-19)25(35)15-14-24(34)32-23-5-3-4-16-30-23/h3-13,16,18,26H,14-15,17H2,1-2H3,(H,31,36)(H,30,32,34)/t26-/m1/s1. The number of aromatic nitrogens is 1. The van der Waals surface area contributed by atoms with Crippen molar-refractivity contribution in [3.63, 3.8) is 0 Å². The van der Waals surface area contributed by atoms with Gasteiger partial charge in [0.2, 0.25) is 17.7 Å². The lowest BCUT2D eigenvalue weighted by molar-refractivity contribution is -0.142. The van der Waals surface area contributed by atoms with Crippen molar-refractivity contribution in [1.29, 1.82) is 0 Å². The van der Waals surface area contributed by atoms with Crippen LogP contribution >= 0.6 is 0 Å². The maximum atomic E-state index is 13.6. The molecule has 2 N–H and O–H groups in total. The molecule has 0 fully saturated rings.